The quantitative estimate of drug-likeness (QED) is 0.417. The van der Waals surface area contributed by atoms with Crippen molar-refractivity contribution in [1.82, 2.24) is 19.1 Å². The molecule has 4 rings (SSSR count). The number of hydrogen-bond acceptors (Lipinski definition) is 6. The highest BCUT2D eigenvalue weighted by Gasteiger charge is 2.28. The van der Waals surface area contributed by atoms with Crippen molar-refractivity contribution in [1.29, 1.82) is 0 Å². The first-order valence-electron chi connectivity index (χ1n) is 11.2. The number of nitrogen functional groups attached to an aromatic ring is 1. The van der Waals surface area contributed by atoms with Gasteiger partial charge in [-0.25, -0.2) is 22.1 Å². The lowest BCUT2D eigenvalue weighted by molar-refractivity contribution is 0.227. The third-order valence-corrected chi connectivity index (χ3v) is 8.76. The molecule has 0 spiro atoms. The summed E-state index contributed by atoms with van der Waals surface area (Å²) in [5.74, 6) is -0.0146. The lowest BCUT2D eigenvalue weighted by Gasteiger charge is -2.31. The zero-order valence-corrected chi connectivity index (χ0v) is 21.6. The van der Waals surface area contributed by atoms with Crippen molar-refractivity contribution in [2.75, 3.05) is 24.6 Å². The zero-order chi connectivity index (χ0) is 25.3. The predicted octanol–water partition coefficient (Wildman–Crippen LogP) is 5.10. The molecule has 1 aliphatic rings. The van der Waals surface area contributed by atoms with E-state index < -0.39 is 21.9 Å². The van der Waals surface area contributed by atoms with Gasteiger partial charge in [0.2, 0.25) is 10.0 Å². The molecule has 1 fully saturated rings. The van der Waals surface area contributed by atoms with Gasteiger partial charge in [-0.15, -0.1) is 0 Å². The first-order chi connectivity index (χ1) is 16.6. The fourth-order valence-electron chi connectivity index (χ4n) is 4.13. The van der Waals surface area contributed by atoms with Gasteiger partial charge in [0.1, 0.15) is 11.9 Å². The van der Waals surface area contributed by atoms with E-state index >= 15 is 0 Å². The first kappa shape index (κ1) is 25.7. The Morgan fingerprint density at radius 3 is 2.63 bits per heavy atom. The number of nitrogens with zero attached hydrogens (tertiary/aromatic N) is 4. The van der Waals surface area contributed by atoms with Crippen LogP contribution in [-0.2, 0) is 10.0 Å². The third-order valence-electron chi connectivity index (χ3n) is 6.16. The van der Waals surface area contributed by atoms with Gasteiger partial charge >= 0.3 is 0 Å². The minimum atomic E-state index is -3.18. The van der Waals surface area contributed by atoms with Crippen molar-refractivity contribution in [3.63, 3.8) is 0 Å². The van der Waals surface area contributed by atoms with Crippen LogP contribution in [0.2, 0.25) is 10.0 Å². The molecular formula is C23H26Cl2FN5O3S. The van der Waals surface area contributed by atoms with Gasteiger partial charge in [-0.3, -0.25) is 4.68 Å². The number of ether oxygens (including phenoxy) is 1. The minimum Gasteiger partial charge on any atom is -0.482 e. The Kier molecular flexibility index (Phi) is 7.56. The maximum Gasteiger partial charge on any atom is 0.213 e. The Morgan fingerprint density at radius 2 is 1.94 bits per heavy atom. The number of hydrogen-bond donors (Lipinski definition) is 1. The molecule has 1 unspecified atom stereocenters. The van der Waals surface area contributed by atoms with E-state index in [0.717, 1.165) is 11.1 Å². The van der Waals surface area contributed by atoms with Crippen LogP contribution in [0.25, 0.3) is 11.1 Å². The molecule has 0 saturated carbocycles. The third kappa shape index (κ3) is 5.40. The van der Waals surface area contributed by atoms with Crippen LogP contribution in [0.5, 0.6) is 5.75 Å². The number of nitrogens with two attached hydrogens (primary N) is 1. The van der Waals surface area contributed by atoms with E-state index in [-0.39, 0.29) is 27.7 Å². The molecule has 2 N–H and O–H groups in total. The van der Waals surface area contributed by atoms with Crippen LogP contribution in [0.4, 0.5) is 10.2 Å². The van der Waals surface area contributed by atoms with E-state index in [1.807, 2.05) is 10.9 Å². The van der Waals surface area contributed by atoms with E-state index in [9.17, 15) is 12.8 Å². The Labute approximate surface area is 213 Å². The first-order valence-corrected chi connectivity index (χ1v) is 13.5. The number of sulfonamides is 1. The minimum absolute atomic E-state index is 0.0989. The second kappa shape index (κ2) is 10.3. The molecule has 0 radical (unpaired) electrons. The molecule has 0 bridgehead atoms. The largest absolute Gasteiger partial charge is 0.482 e. The highest BCUT2D eigenvalue weighted by Crippen LogP contribution is 2.37. The van der Waals surface area contributed by atoms with Crippen LogP contribution >= 0.6 is 23.2 Å². The fourth-order valence-corrected chi connectivity index (χ4v) is 5.94. The molecule has 1 saturated heterocycles. The normalized spacial score (nSPS) is 16.4. The maximum absolute atomic E-state index is 14.0. The van der Waals surface area contributed by atoms with Gasteiger partial charge in [-0.2, -0.15) is 5.10 Å². The smallest absolute Gasteiger partial charge is 0.213 e. The van der Waals surface area contributed by atoms with Gasteiger partial charge in [-0.1, -0.05) is 23.2 Å². The van der Waals surface area contributed by atoms with Crippen molar-refractivity contribution < 1.29 is 17.5 Å². The molecule has 188 valence electrons. The number of pyridine rings is 1. The predicted molar refractivity (Wildman–Crippen MR) is 135 cm³/mol. The van der Waals surface area contributed by atoms with E-state index in [1.54, 1.807) is 36.6 Å². The lowest BCUT2D eigenvalue weighted by Crippen LogP contribution is -2.39. The van der Waals surface area contributed by atoms with Gasteiger partial charge in [0.25, 0.3) is 0 Å². The molecule has 1 aliphatic heterocycles. The summed E-state index contributed by atoms with van der Waals surface area (Å²) in [6.07, 6.45) is 5.91. The Hall–Kier alpha value is -2.40. The Balaban J connectivity index is 1.51. The van der Waals surface area contributed by atoms with Crippen LogP contribution in [0, 0.1) is 5.82 Å². The number of halogens is 3. The monoisotopic (exact) mass is 541 g/mol. The zero-order valence-electron chi connectivity index (χ0n) is 19.3. The summed E-state index contributed by atoms with van der Waals surface area (Å²) in [5, 5.41) is 4.67. The molecule has 35 heavy (non-hydrogen) atoms. The van der Waals surface area contributed by atoms with E-state index in [2.05, 4.69) is 10.1 Å². The van der Waals surface area contributed by atoms with Crippen LogP contribution in [0.1, 0.15) is 44.4 Å². The van der Waals surface area contributed by atoms with Crippen LogP contribution < -0.4 is 10.5 Å². The van der Waals surface area contributed by atoms with Gasteiger partial charge in [0.05, 0.1) is 23.0 Å². The molecule has 3 aromatic rings. The highest BCUT2D eigenvalue weighted by molar-refractivity contribution is 7.89. The number of aromatic nitrogens is 3. The molecule has 2 aromatic heterocycles. The van der Waals surface area contributed by atoms with Crippen LogP contribution in [0.3, 0.4) is 0 Å². The average Bonchev–Trinajstić information content (AvgIpc) is 3.33. The summed E-state index contributed by atoms with van der Waals surface area (Å²) in [5.41, 5.74) is 7.89. The molecule has 1 atom stereocenters. The van der Waals surface area contributed by atoms with Gasteiger partial charge in [0, 0.05) is 47.2 Å². The van der Waals surface area contributed by atoms with Crippen LogP contribution in [0.15, 0.2) is 36.8 Å². The summed E-state index contributed by atoms with van der Waals surface area (Å²) >= 11 is 12.3. The van der Waals surface area contributed by atoms with Crippen molar-refractivity contribution in [2.45, 2.75) is 38.8 Å². The molecule has 0 aliphatic carbocycles. The van der Waals surface area contributed by atoms with E-state index in [1.165, 1.54) is 12.1 Å². The highest BCUT2D eigenvalue weighted by atomic mass is 35.5. The maximum atomic E-state index is 14.0. The van der Waals surface area contributed by atoms with Gasteiger partial charge < -0.3 is 10.5 Å². The second-order valence-corrected chi connectivity index (χ2v) is 11.4. The van der Waals surface area contributed by atoms with Crippen molar-refractivity contribution in [2.24, 2.45) is 0 Å². The summed E-state index contributed by atoms with van der Waals surface area (Å²) in [6.45, 7) is 4.30. The Bertz CT molecular complexity index is 1330. The Morgan fingerprint density at radius 1 is 1.23 bits per heavy atom. The van der Waals surface area contributed by atoms with E-state index in [4.69, 9.17) is 33.7 Å². The average molecular weight is 542 g/mol. The van der Waals surface area contributed by atoms with Crippen LogP contribution in [-0.4, -0.2) is 46.3 Å². The fraction of sp³-hybridized carbons (Fsp3) is 0.391. The molecule has 1 aromatic carbocycles. The van der Waals surface area contributed by atoms with Crippen molar-refractivity contribution >= 4 is 39.0 Å². The van der Waals surface area contributed by atoms with Crippen molar-refractivity contribution in [3.8, 4) is 16.9 Å². The standard InChI is InChI=1S/C23H26Cl2FN5O3S/c1-3-35(32,33)30-8-6-17(7-9-30)31-13-16(12-29-31)15-10-20(23(27)28-11-15)34-14(2)21-18(24)4-5-19(26)22(21)25/h4-5,10-14,17H,3,6-9H2,1-2H3,(H2,27,28). The summed E-state index contributed by atoms with van der Waals surface area (Å²) in [7, 11) is -3.18. The summed E-state index contributed by atoms with van der Waals surface area (Å²) in [4.78, 5) is 4.24. The SMILES string of the molecule is CCS(=O)(=O)N1CCC(n2cc(-c3cnc(N)c(OC(C)c4c(Cl)ccc(F)c4Cl)c3)cn2)CC1. The number of anilines is 1. The molecule has 8 nitrogen and oxygen atoms in total. The number of rotatable bonds is 7. The topological polar surface area (TPSA) is 103 Å². The second-order valence-electron chi connectivity index (χ2n) is 8.36. The van der Waals surface area contributed by atoms with Crippen molar-refractivity contribution in [3.05, 3.63) is 58.2 Å². The number of piperidine rings is 1. The van der Waals surface area contributed by atoms with Gasteiger partial charge in [-0.05, 0) is 44.9 Å². The summed E-state index contributed by atoms with van der Waals surface area (Å²) < 4.78 is 47.5. The van der Waals surface area contributed by atoms with Gasteiger partial charge in [0.15, 0.2) is 11.6 Å². The molecular weight excluding hydrogens is 516 g/mol. The summed E-state index contributed by atoms with van der Waals surface area (Å²) in [6, 6.07) is 4.45. The van der Waals surface area contributed by atoms with E-state index in [0.29, 0.717) is 37.2 Å². The lowest BCUT2D eigenvalue weighted by atomic mass is 10.1. The molecule has 12 heteroatoms. The molecule has 0 amide bonds. The molecule has 3 heterocycles. The number of benzene rings is 1.